The summed E-state index contributed by atoms with van der Waals surface area (Å²) in [5.41, 5.74) is 5.22. The van der Waals surface area contributed by atoms with Crippen LogP contribution >= 0.6 is 0 Å². The number of aldehydes is 1. The molecule has 8 nitrogen and oxygen atoms in total. The van der Waals surface area contributed by atoms with E-state index in [1.807, 2.05) is 12.1 Å². The van der Waals surface area contributed by atoms with Crippen molar-refractivity contribution in [3.05, 3.63) is 66.6 Å². The minimum atomic E-state index is 0.497. The van der Waals surface area contributed by atoms with Crippen molar-refractivity contribution in [1.82, 2.24) is 24.5 Å². The molecule has 0 unspecified atom stereocenters. The van der Waals surface area contributed by atoms with Crippen molar-refractivity contribution in [2.45, 2.75) is 0 Å². The predicted octanol–water partition coefficient (Wildman–Crippen LogP) is 3.10. The molecule has 1 aliphatic heterocycles. The zero-order valence-corrected chi connectivity index (χ0v) is 17.3. The first-order chi connectivity index (χ1) is 15.2. The van der Waals surface area contributed by atoms with Crippen molar-refractivity contribution >= 4 is 29.1 Å². The van der Waals surface area contributed by atoms with E-state index in [0.29, 0.717) is 11.5 Å². The Kier molecular flexibility index (Phi) is 5.05. The third-order valence-corrected chi connectivity index (χ3v) is 5.58. The number of piperazine rings is 1. The Morgan fingerprint density at radius 2 is 1.77 bits per heavy atom. The zero-order valence-electron chi connectivity index (χ0n) is 17.3. The van der Waals surface area contributed by atoms with Gasteiger partial charge in [0.15, 0.2) is 6.29 Å². The molecule has 0 aliphatic carbocycles. The van der Waals surface area contributed by atoms with Gasteiger partial charge in [-0.15, -0.1) is 5.10 Å². The Balaban J connectivity index is 1.37. The lowest BCUT2D eigenvalue weighted by Gasteiger charge is -2.34. The lowest BCUT2D eigenvalue weighted by atomic mass is 10.2. The van der Waals surface area contributed by atoms with E-state index in [2.05, 4.69) is 61.5 Å². The molecule has 1 aromatic carbocycles. The summed E-state index contributed by atoms with van der Waals surface area (Å²) in [5, 5.41) is 7.93. The first-order valence-electron chi connectivity index (χ1n) is 10.3. The second-order valence-electron chi connectivity index (χ2n) is 7.72. The fourth-order valence-electron chi connectivity index (χ4n) is 3.79. The van der Waals surface area contributed by atoms with Gasteiger partial charge in [-0.05, 0) is 49.5 Å². The largest absolute Gasteiger partial charge is 0.369 e. The van der Waals surface area contributed by atoms with E-state index in [0.717, 1.165) is 54.9 Å². The molecule has 5 rings (SSSR count). The number of carbonyl (C=O) groups excluding carboxylic acids is 1. The summed E-state index contributed by atoms with van der Waals surface area (Å²) < 4.78 is 1.81. The van der Waals surface area contributed by atoms with Crippen LogP contribution in [-0.4, -0.2) is 64.0 Å². The molecule has 31 heavy (non-hydrogen) atoms. The van der Waals surface area contributed by atoms with Crippen molar-refractivity contribution < 1.29 is 4.79 Å². The molecule has 8 heteroatoms. The van der Waals surface area contributed by atoms with Gasteiger partial charge in [-0.25, -0.2) is 9.50 Å². The lowest BCUT2D eigenvalue weighted by molar-refractivity contribution is 0.112. The molecule has 0 saturated carbocycles. The van der Waals surface area contributed by atoms with Crippen molar-refractivity contribution in [1.29, 1.82) is 0 Å². The molecule has 4 heterocycles. The van der Waals surface area contributed by atoms with E-state index in [1.165, 1.54) is 5.69 Å². The molecule has 0 bridgehead atoms. The Bertz CT molecular complexity index is 1210. The molecule has 1 N–H and O–H groups in total. The van der Waals surface area contributed by atoms with Gasteiger partial charge in [-0.3, -0.25) is 9.78 Å². The van der Waals surface area contributed by atoms with E-state index in [1.54, 1.807) is 29.2 Å². The number of fused-ring (bicyclic) bond motifs is 1. The number of hydrogen-bond acceptors (Lipinski definition) is 7. The van der Waals surface area contributed by atoms with Crippen molar-refractivity contribution in [2.75, 3.05) is 43.4 Å². The Labute approximate surface area is 180 Å². The first kappa shape index (κ1) is 19.2. The quantitative estimate of drug-likeness (QED) is 0.504. The second-order valence-corrected chi connectivity index (χ2v) is 7.72. The number of nitrogens with one attached hydrogen (secondary N) is 1. The molecule has 0 amide bonds. The number of benzene rings is 1. The Hall–Kier alpha value is -3.78. The van der Waals surface area contributed by atoms with Gasteiger partial charge in [0.05, 0.1) is 17.4 Å². The fourth-order valence-corrected chi connectivity index (χ4v) is 3.79. The zero-order chi connectivity index (χ0) is 21.2. The number of carbonyl (C=O) groups is 1. The molecule has 4 aromatic rings. The number of rotatable bonds is 5. The minimum Gasteiger partial charge on any atom is -0.369 e. The van der Waals surface area contributed by atoms with Gasteiger partial charge < -0.3 is 15.1 Å². The maximum absolute atomic E-state index is 11.1. The van der Waals surface area contributed by atoms with Gasteiger partial charge in [0.2, 0.25) is 5.95 Å². The van der Waals surface area contributed by atoms with Crippen molar-refractivity contribution in [3.63, 3.8) is 0 Å². The average molecular weight is 413 g/mol. The van der Waals surface area contributed by atoms with Crippen LogP contribution < -0.4 is 10.2 Å². The molecule has 156 valence electrons. The molecule has 1 saturated heterocycles. The normalized spacial score (nSPS) is 14.7. The summed E-state index contributed by atoms with van der Waals surface area (Å²) >= 11 is 0. The van der Waals surface area contributed by atoms with Crippen molar-refractivity contribution in [3.8, 4) is 11.3 Å². The number of nitrogens with zero attached hydrogens (tertiary/aromatic N) is 6. The predicted molar refractivity (Wildman–Crippen MR) is 121 cm³/mol. The van der Waals surface area contributed by atoms with Gasteiger partial charge >= 0.3 is 0 Å². The molecule has 1 aliphatic rings. The summed E-state index contributed by atoms with van der Waals surface area (Å²) in [5.74, 6) is 0.497. The Morgan fingerprint density at radius 3 is 2.55 bits per heavy atom. The number of likely N-dealkylation sites (N-methyl/N-ethyl adjacent to an activating group) is 1. The van der Waals surface area contributed by atoms with Gasteiger partial charge in [-0.1, -0.05) is 0 Å². The monoisotopic (exact) mass is 413 g/mol. The molecular formula is C23H23N7O. The third-order valence-electron chi connectivity index (χ3n) is 5.58. The van der Waals surface area contributed by atoms with Crippen LogP contribution in [0, 0.1) is 0 Å². The second kappa shape index (κ2) is 8.16. The first-order valence-corrected chi connectivity index (χ1v) is 10.3. The summed E-state index contributed by atoms with van der Waals surface area (Å²) in [6.45, 7) is 4.25. The molecular weight excluding hydrogens is 390 g/mol. The SMILES string of the molecule is CN1CCN(c2ccc(Nc3ncc4ccc(-c5cncc(C=O)c5)n4n3)cc2)CC1. The fraction of sp³-hybridized carbons (Fsp3) is 0.217. The van der Waals surface area contributed by atoms with Gasteiger partial charge in [0.25, 0.3) is 0 Å². The number of anilines is 3. The molecule has 0 radical (unpaired) electrons. The Morgan fingerprint density at radius 1 is 0.968 bits per heavy atom. The molecule has 0 spiro atoms. The summed E-state index contributed by atoms with van der Waals surface area (Å²) in [7, 11) is 2.16. The van der Waals surface area contributed by atoms with E-state index in [-0.39, 0.29) is 0 Å². The third kappa shape index (κ3) is 3.97. The summed E-state index contributed by atoms with van der Waals surface area (Å²) in [6.07, 6.45) is 5.83. The topological polar surface area (TPSA) is 78.7 Å². The van der Waals surface area contributed by atoms with Gasteiger partial charge in [0, 0.05) is 61.1 Å². The van der Waals surface area contributed by atoms with Gasteiger partial charge in [0.1, 0.15) is 0 Å². The van der Waals surface area contributed by atoms with Crippen LogP contribution in [0.15, 0.2) is 61.1 Å². The van der Waals surface area contributed by atoms with Crippen LogP contribution in [0.5, 0.6) is 0 Å². The van der Waals surface area contributed by atoms with Crippen LogP contribution in [0.4, 0.5) is 17.3 Å². The highest BCUT2D eigenvalue weighted by molar-refractivity contribution is 5.78. The highest BCUT2D eigenvalue weighted by Gasteiger charge is 2.14. The van der Waals surface area contributed by atoms with E-state index >= 15 is 0 Å². The van der Waals surface area contributed by atoms with Gasteiger partial charge in [-0.2, -0.15) is 0 Å². The number of aromatic nitrogens is 4. The summed E-state index contributed by atoms with van der Waals surface area (Å²) in [4.78, 5) is 24.4. The van der Waals surface area contributed by atoms with Crippen LogP contribution in [0.2, 0.25) is 0 Å². The lowest BCUT2D eigenvalue weighted by Crippen LogP contribution is -2.44. The molecule has 3 aromatic heterocycles. The smallest absolute Gasteiger partial charge is 0.245 e. The van der Waals surface area contributed by atoms with Crippen LogP contribution in [-0.2, 0) is 0 Å². The highest BCUT2D eigenvalue weighted by atomic mass is 16.1. The average Bonchev–Trinajstić information content (AvgIpc) is 3.23. The van der Waals surface area contributed by atoms with E-state index in [9.17, 15) is 4.79 Å². The van der Waals surface area contributed by atoms with Crippen LogP contribution in [0.25, 0.3) is 16.8 Å². The molecule has 1 fully saturated rings. The summed E-state index contributed by atoms with van der Waals surface area (Å²) in [6, 6.07) is 14.0. The standard InChI is InChI=1S/C23H23N7O/c1-28-8-10-29(11-9-28)20-4-2-19(3-5-20)26-23-25-15-21-6-7-22(30(21)27-23)18-12-17(16-31)13-24-14-18/h2-7,12-16H,8-11H2,1H3,(H,26,27). The minimum absolute atomic E-state index is 0.497. The molecule has 0 atom stereocenters. The number of hydrogen-bond donors (Lipinski definition) is 1. The highest BCUT2D eigenvalue weighted by Crippen LogP contribution is 2.24. The van der Waals surface area contributed by atoms with Crippen molar-refractivity contribution in [2.24, 2.45) is 0 Å². The maximum Gasteiger partial charge on any atom is 0.245 e. The van der Waals surface area contributed by atoms with E-state index < -0.39 is 0 Å². The number of pyridine rings is 1. The maximum atomic E-state index is 11.1. The van der Waals surface area contributed by atoms with Crippen LogP contribution in [0.3, 0.4) is 0 Å². The van der Waals surface area contributed by atoms with E-state index in [4.69, 9.17) is 0 Å². The van der Waals surface area contributed by atoms with Crippen LogP contribution in [0.1, 0.15) is 10.4 Å².